The maximum absolute atomic E-state index is 4.15. The van der Waals surface area contributed by atoms with Gasteiger partial charge in [0.15, 0.2) is 0 Å². The van der Waals surface area contributed by atoms with Crippen molar-refractivity contribution in [1.29, 1.82) is 0 Å². The Kier molecular flexibility index (Phi) is 2.79. The summed E-state index contributed by atoms with van der Waals surface area (Å²) in [6, 6.07) is 0. The van der Waals surface area contributed by atoms with E-state index < -0.39 is 0 Å². The first kappa shape index (κ1) is 11.0. The van der Waals surface area contributed by atoms with Crippen LogP contribution in [0, 0.1) is 17.3 Å². The highest BCUT2D eigenvalue weighted by atomic mass is 14.4. The molecule has 0 N–H and O–H groups in total. The maximum atomic E-state index is 4.15. The van der Waals surface area contributed by atoms with Crippen molar-refractivity contribution in [1.82, 2.24) is 0 Å². The second-order valence-electron chi connectivity index (χ2n) is 6.16. The van der Waals surface area contributed by atoms with E-state index in [1.54, 1.807) is 5.57 Å². The number of hydrogen-bond donors (Lipinski definition) is 0. The van der Waals surface area contributed by atoms with Crippen LogP contribution in [-0.2, 0) is 0 Å². The molecule has 0 bridgehead atoms. The molecule has 0 saturated heterocycles. The van der Waals surface area contributed by atoms with E-state index in [1.807, 2.05) is 0 Å². The molecule has 2 rings (SSSR count). The third-order valence-corrected chi connectivity index (χ3v) is 4.47. The molecule has 1 saturated carbocycles. The van der Waals surface area contributed by atoms with Crippen molar-refractivity contribution < 1.29 is 0 Å². The van der Waals surface area contributed by atoms with Crippen LogP contribution in [0.5, 0.6) is 0 Å². The molecule has 2 aliphatic carbocycles. The minimum absolute atomic E-state index is 0.415. The molecule has 0 amide bonds. The summed E-state index contributed by atoms with van der Waals surface area (Å²) in [4.78, 5) is 0. The van der Waals surface area contributed by atoms with Gasteiger partial charge in [-0.2, -0.15) is 0 Å². The van der Waals surface area contributed by atoms with Crippen molar-refractivity contribution in [2.45, 2.75) is 52.9 Å². The van der Waals surface area contributed by atoms with E-state index in [0.29, 0.717) is 5.41 Å². The highest BCUT2D eigenvalue weighted by Crippen LogP contribution is 2.48. The standard InChI is InChI=1S/C15H24/c1-11-7-8-13-12(2)6-5-9-15(3,4)14(13)10-11/h10,12-13H,1,5-9H2,2-4H3/t12-,13-/m0/s1. The third-order valence-electron chi connectivity index (χ3n) is 4.47. The van der Waals surface area contributed by atoms with Gasteiger partial charge in [0, 0.05) is 0 Å². The Morgan fingerprint density at radius 2 is 2.07 bits per heavy atom. The SMILES string of the molecule is C=C1C=C2[C@@H](CC1)[C@@H](C)CCCC2(C)C. The molecule has 0 unspecified atom stereocenters. The predicted octanol–water partition coefficient (Wildman–Crippen LogP) is 4.73. The van der Waals surface area contributed by atoms with Gasteiger partial charge in [-0.1, -0.05) is 57.4 Å². The van der Waals surface area contributed by atoms with E-state index in [4.69, 9.17) is 0 Å². The molecular formula is C15H24. The third kappa shape index (κ3) is 2.04. The topological polar surface area (TPSA) is 0 Å². The van der Waals surface area contributed by atoms with E-state index in [0.717, 1.165) is 11.8 Å². The van der Waals surface area contributed by atoms with Gasteiger partial charge in [0.2, 0.25) is 0 Å². The number of fused-ring (bicyclic) bond motifs is 1. The molecule has 0 aromatic rings. The van der Waals surface area contributed by atoms with Crippen LogP contribution < -0.4 is 0 Å². The monoisotopic (exact) mass is 204 g/mol. The van der Waals surface area contributed by atoms with Gasteiger partial charge in [-0.15, -0.1) is 0 Å². The smallest absolute Gasteiger partial charge is 0.0139 e. The zero-order valence-corrected chi connectivity index (χ0v) is 10.5. The van der Waals surface area contributed by atoms with Gasteiger partial charge >= 0.3 is 0 Å². The van der Waals surface area contributed by atoms with E-state index in [2.05, 4.69) is 33.4 Å². The van der Waals surface area contributed by atoms with Gasteiger partial charge < -0.3 is 0 Å². The minimum atomic E-state index is 0.415. The molecular weight excluding hydrogens is 180 g/mol. The Balaban J connectivity index is 2.37. The molecule has 0 radical (unpaired) electrons. The zero-order valence-electron chi connectivity index (χ0n) is 10.5. The van der Waals surface area contributed by atoms with Crippen LogP contribution in [0.25, 0.3) is 0 Å². The van der Waals surface area contributed by atoms with Crippen molar-refractivity contribution in [3.63, 3.8) is 0 Å². The zero-order chi connectivity index (χ0) is 11.1. The van der Waals surface area contributed by atoms with Crippen LogP contribution in [0.4, 0.5) is 0 Å². The fourth-order valence-electron chi connectivity index (χ4n) is 3.40. The quantitative estimate of drug-likeness (QED) is 0.535. The highest BCUT2D eigenvalue weighted by Gasteiger charge is 2.36. The second-order valence-corrected chi connectivity index (χ2v) is 6.16. The lowest BCUT2D eigenvalue weighted by Crippen LogP contribution is -2.25. The molecule has 0 heterocycles. The molecule has 0 heteroatoms. The van der Waals surface area contributed by atoms with E-state index in [-0.39, 0.29) is 0 Å². The molecule has 2 aliphatic rings. The molecule has 0 spiro atoms. The van der Waals surface area contributed by atoms with Crippen molar-refractivity contribution in [2.75, 3.05) is 0 Å². The number of hydrogen-bond acceptors (Lipinski definition) is 0. The first-order valence-corrected chi connectivity index (χ1v) is 6.40. The van der Waals surface area contributed by atoms with Crippen LogP contribution in [-0.4, -0.2) is 0 Å². The Morgan fingerprint density at radius 1 is 1.33 bits per heavy atom. The van der Waals surface area contributed by atoms with Crippen molar-refractivity contribution in [2.24, 2.45) is 17.3 Å². The van der Waals surface area contributed by atoms with Crippen LogP contribution >= 0.6 is 0 Å². The van der Waals surface area contributed by atoms with E-state index in [1.165, 1.54) is 37.7 Å². The Labute approximate surface area is 94.5 Å². The highest BCUT2D eigenvalue weighted by molar-refractivity contribution is 5.31. The minimum Gasteiger partial charge on any atom is -0.0958 e. The lowest BCUT2D eigenvalue weighted by molar-refractivity contribution is 0.328. The van der Waals surface area contributed by atoms with Crippen LogP contribution in [0.2, 0.25) is 0 Å². The molecule has 84 valence electrons. The van der Waals surface area contributed by atoms with Crippen molar-refractivity contribution in [3.05, 3.63) is 23.8 Å². The van der Waals surface area contributed by atoms with Gasteiger partial charge in [0.25, 0.3) is 0 Å². The fraction of sp³-hybridized carbons (Fsp3) is 0.733. The summed E-state index contributed by atoms with van der Waals surface area (Å²) in [7, 11) is 0. The van der Waals surface area contributed by atoms with E-state index in [9.17, 15) is 0 Å². The number of rotatable bonds is 0. The summed E-state index contributed by atoms with van der Waals surface area (Å²) in [6.07, 6.45) is 9.14. The number of allylic oxidation sites excluding steroid dienone is 3. The normalized spacial score (nSPS) is 35.4. The second kappa shape index (κ2) is 3.81. The largest absolute Gasteiger partial charge is 0.0958 e. The Morgan fingerprint density at radius 3 is 2.80 bits per heavy atom. The predicted molar refractivity (Wildman–Crippen MR) is 66.7 cm³/mol. The summed E-state index contributed by atoms with van der Waals surface area (Å²) in [5.41, 5.74) is 3.46. The molecule has 0 aromatic carbocycles. The van der Waals surface area contributed by atoms with E-state index >= 15 is 0 Å². The lowest BCUT2D eigenvalue weighted by atomic mass is 9.69. The lowest BCUT2D eigenvalue weighted by Gasteiger charge is -2.36. The van der Waals surface area contributed by atoms with Crippen LogP contribution in [0.15, 0.2) is 23.8 Å². The van der Waals surface area contributed by atoms with Gasteiger partial charge in [-0.05, 0) is 36.5 Å². The van der Waals surface area contributed by atoms with Gasteiger partial charge in [-0.25, -0.2) is 0 Å². The molecule has 2 atom stereocenters. The average molecular weight is 204 g/mol. The summed E-state index contributed by atoms with van der Waals surface area (Å²) < 4.78 is 0. The maximum Gasteiger partial charge on any atom is -0.0139 e. The first-order valence-electron chi connectivity index (χ1n) is 6.40. The molecule has 0 aliphatic heterocycles. The summed E-state index contributed by atoms with van der Waals surface area (Å²) in [5.74, 6) is 1.72. The molecule has 0 aromatic heterocycles. The summed E-state index contributed by atoms with van der Waals surface area (Å²) in [6.45, 7) is 11.4. The van der Waals surface area contributed by atoms with Crippen LogP contribution in [0.3, 0.4) is 0 Å². The summed E-state index contributed by atoms with van der Waals surface area (Å²) >= 11 is 0. The molecule has 1 fully saturated rings. The van der Waals surface area contributed by atoms with Gasteiger partial charge in [0.05, 0.1) is 0 Å². The van der Waals surface area contributed by atoms with Gasteiger partial charge in [-0.3, -0.25) is 0 Å². The summed E-state index contributed by atoms with van der Waals surface area (Å²) in [5, 5.41) is 0. The average Bonchev–Trinajstić information content (AvgIpc) is 2.26. The van der Waals surface area contributed by atoms with Crippen LogP contribution in [0.1, 0.15) is 52.9 Å². The van der Waals surface area contributed by atoms with Crippen molar-refractivity contribution >= 4 is 0 Å². The fourth-order valence-corrected chi connectivity index (χ4v) is 3.40. The molecule has 15 heavy (non-hydrogen) atoms. The van der Waals surface area contributed by atoms with Crippen molar-refractivity contribution in [3.8, 4) is 0 Å². The molecule has 0 nitrogen and oxygen atoms in total. The first-order chi connectivity index (χ1) is 7.00. The Hall–Kier alpha value is -0.520. The Bertz CT molecular complexity index is 293. The van der Waals surface area contributed by atoms with Gasteiger partial charge in [0.1, 0.15) is 0 Å².